The molecule has 0 radical (unpaired) electrons. The van der Waals surface area contributed by atoms with E-state index in [0.717, 1.165) is 21.7 Å². The summed E-state index contributed by atoms with van der Waals surface area (Å²) in [7, 11) is 0. The van der Waals surface area contributed by atoms with Crippen LogP contribution in [0.2, 0.25) is 5.02 Å². The van der Waals surface area contributed by atoms with E-state index in [9.17, 15) is 9.59 Å². The molecule has 0 fully saturated rings. The second-order valence-corrected chi connectivity index (χ2v) is 6.62. The van der Waals surface area contributed by atoms with Crippen molar-refractivity contribution in [3.05, 3.63) is 99.4 Å². The Morgan fingerprint density at radius 2 is 1.82 bits per heavy atom. The van der Waals surface area contributed by atoms with Gasteiger partial charge in [-0.05, 0) is 34.5 Å². The summed E-state index contributed by atoms with van der Waals surface area (Å²) in [6.45, 7) is -0.0399. The molecule has 4 aromatic rings. The van der Waals surface area contributed by atoms with Gasteiger partial charge in [0, 0.05) is 28.1 Å². The summed E-state index contributed by atoms with van der Waals surface area (Å²) in [5.41, 5.74) is 1.30. The first-order valence-electron chi connectivity index (χ1n) is 8.66. The van der Waals surface area contributed by atoms with Gasteiger partial charge < -0.3 is 9.15 Å². The maximum absolute atomic E-state index is 12.1. The maximum Gasteiger partial charge on any atom is 0.336 e. The van der Waals surface area contributed by atoms with E-state index >= 15 is 0 Å². The smallest absolute Gasteiger partial charge is 0.336 e. The molecule has 0 bridgehead atoms. The van der Waals surface area contributed by atoms with Crippen LogP contribution >= 0.6 is 11.6 Å². The lowest BCUT2D eigenvalue weighted by Gasteiger charge is -2.09. The second-order valence-electron chi connectivity index (χ2n) is 6.21. The molecule has 4 nitrogen and oxygen atoms in total. The van der Waals surface area contributed by atoms with Gasteiger partial charge in [0.15, 0.2) is 0 Å². The van der Waals surface area contributed by atoms with Crippen molar-refractivity contribution in [2.24, 2.45) is 0 Å². The highest BCUT2D eigenvalue weighted by molar-refractivity contribution is 6.32. The third-order valence-electron chi connectivity index (χ3n) is 4.39. The first-order valence-corrected chi connectivity index (χ1v) is 9.03. The van der Waals surface area contributed by atoms with Crippen molar-refractivity contribution in [3.63, 3.8) is 0 Å². The molecule has 0 aliphatic carbocycles. The molecule has 0 N–H and O–H groups in total. The molecule has 0 unspecified atom stereocenters. The van der Waals surface area contributed by atoms with Crippen LogP contribution in [0.3, 0.4) is 0 Å². The van der Waals surface area contributed by atoms with Crippen LogP contribution in [0, 0.1) is 0 Å². The number of hydrogen-bond donors (Lipinski definition) is 0. The summed E-state index contributed by atoms with van der Waals surface area (Å²) in [4.78, 5) is 24.0. The predicted octanol–water partition coefficient (Wildman–Crippen LogP) is 5.36. The fourth-order valence-corrected chi connectivity index (χ4v) is 3.30. The normalized spacial score (nSPS) is 11.3. The number of esters is 1. The van der Waals surface area contributed by atoms with Crippen molar-refractivity contribution in [2.75, 3.05) is 0 Å². The summed E-state index contributed by atoms with van der Waals surface area (Å²) < 4.78 is 10.7. The van der Waals surface area contributed by atoms with Crippen LogP contribution in [-0.4, -0.2) is 5.97 Å². The Morgan fingerprint density at radius 1 is 1.04 bits per heavy atom. The van der Waals surface area contributed by atoms with Crippen molar-refractivity contribution < 1.29 is 13.9 Å². The molecular weight excluding hydrogens is 376 g/mol. The zero-order valence-corrected chi connectivity index (χ0v) is 15.5. The van der Waals surface area contributed by atoms with Crippen LogP contribution in [-0.2, 0) is 16.1 Å². The van der Waals surface area contributed by atoms with E-state index < -0.39 is 11.6 Å². The molecule has 0 saturated carbocycles. The first-order chi connectivity index (χ1) is 13.6. The fraction of sp³-hybridized carbons (Fsp3) is 0.0435. The molecule has 5 heteroatoms. The van der Waals surface area contributed by atoms with Crippen molar-refractivity contribution in [1.29, 1.82) is 0 Å². The predicted molar refractivity (Wildman–Crippen MR) is 110 cm³/mol. The summed E-state index contributed by atoms with van der Waals surface area (Å²) in [6, 6.07) is 20.0. The Kier molecular flexibility index (Phi) is 4.96. The number of carbonyl (C=O) groups excluding carboxylic acids is 1. The highest BCUT2D eigenvalue weighted by Gasteiger charge is 2.11. The monoisotopic (exact) mass is 390 g/mol. The standard InChI is InChI=1S/C23H15ClO4/c24-19-8-4-2-6-16(19)10-12-21(25)27-14-17-13-22(26)28-20-11-9-15-5-1-3-7-18(15)23(17)20/h1-13H,14H2. The van der Waals surface area contributed by atoms with E-state index in [0.29, 0.717) is 16.2 Å². The highest BCUT2D eigenvalue weighted by Crippen LogP contribution is 2.27. The van der Waals surface area contributed by atoms with Gasteiger partial charge in [0.1, 0.15) is 12.2 Å². The van der Waals surface area contributed by atoms with Crippen LogP contribution in [0.5, 0.6) is 0 Å². The van der Waals surface area contributed by atoms with Crippen molar-refractivity contribution in [3.8, 4) is 0 Å². The van der Waals surface area contributed by atoms with E-state index in [1.807, 2.05) is 42.5 Å². The molecule has 3 aromatic carbocycles. The van der Waals surface area contributed by atoms with Crippen LogP contribution in [0.15, 0.2) is 82.0 Å². The summed E-state index contributed by atoms with van der Waals surface area (Å²) in [5.74, 6) is -0.526. The lowest BCUT2D eigenvalue weighted by atomic mass is 10.0. The van der Waals surface area contributed by atoms with E-state index in [2.05, 4.69) is 0 Å². The number of carbonyl (C=O) groups is 1. The molecule has 0 saturated heterocycles. The molecule has 0 amide bonds. The van der Waals surface area contributed by atoms with Gasteiger partial charge in [0.2, 0.25) is 0 Å². The Bertz CT molecular complexity index is 1270. The van der Waals surface area contributed by atoms with Crippen LogP contribution in [0.1, 0.15) is 11.1 Å². The lowest BCUT2D eigenvalue weighted by molar-refractivity contribution is -0.138. The zero-order valence-electron chi connectivity index (χ0n) is 14.7. The van der Waals surface area contributed by atoms with E-state index in [-0.39, 0.29) is 6.61 Å². The molecule has 138 valence electrons. The van der Waals surface area contributed by atoms with Crippen molar-refractivity contribution >= 4 is 45.4 Å². The third-order valence-corrected chi connectivity index (χ3v) is 4.73. The van der Waals surface area contributed by atoms with Gasteiger partial charge in [-0.2, -0.15) is 0 Å². The SMILES string of the molecule is O=C(C=Cc1ccccc1Cl)OCc1cc(=O)oc2ccc3ccccc3c12. The minimum Gasteiger partial charge on any atom is -0.458 e. The van der Waals surface area contributed by atoms with Gasteiger partial charge in [-0.15, -0.1) is 0 Å². The largest absolute Gasteiger partial charge is 0.458 e. The fourth-order valence-electron chi connectivity index (χ4n) is 3.10. The summed E-state index contributed by atoms with van der Waals surface area (Å²) >= 11 is 6.07. The number of fused-ring (bicyclic) bond motifs is 3. The van der Waals surface area contributed by atoms with Gasteiger partial charge in [-0.3, -0.25) is 0 Å². The Balaban J connectivity index is 1.63. The molecule has 0 aliphatic rings. The minimum absolute atomic E-state index is 0.0399. The maximum atomic E-state index is 12.1. The zero-order chi connectivity index (χ0) is 19.5. The highest BCUT2D eigenvalue weighted by atomic mass is 35.5. The van der Waals surface area contributed by atoms with Gasteiger partial charge in [-0.1, -0.05) is 60.1 Å². The van der Waals surface area contributed by atoms with E-state index in [1.54, 1.807) is 24.3 Å². The number of rotatable bonds is 4. The number of ether oxygens (including phenoxy) is 1. The molecule has 4 rings (SSSR count). The van der Waals surface area contributed by atoms with E-state index in [4.69, 9.17) is 20.8 Å². The van der Waals surface area contributed by atoms with Gasteiger partial charge >= 0.3 is 11.6 Å². The molecular formula is C23H15ClO4. The average molecular weight is 391 g/mol. The minimum atomic E-state index is -0.526. The van der Waals surface area contributed by atoms with Gasteiger partial charge in [0.25, 0.3) is 0 Å². The summed E-state index contributed by atoms with van der Waals surface area (Å²) in [6.07, 6.45) is 2.91. The average Bonchev–Trinajstić information content (AvgIpc) is 2.71. The van der Waals surface area contributed by atoms with Gasteiger partial charge in [-0.25, -0.2) is 9.59 Å². The van der Waals surface area contributed by atoms with Gasteiger partial charge in [0.05, 0.1) is 0 Å². The van der Waals surface area contributed by atoms with Crippen LogP contribution < -0.4 is 5.63 Å². The number of hydrogen-bond acceptors (Lipinski definition) is 4. The number of benzene rings is 3. The Hall–Kier alpha value is -3.37. The Morgan fingerprint density at radius 3 is 2.68 bits per heavy atom. The number of halogens is 1. The van der Waals surface area contributed by atoms with Crippen molar-refractivity contribution in [2.45, 2.75) is 6.61 Å². The molecule has 0 atom stereocenters. The Labute approximate surface area is 165 Å². The molecule has 1 heterocycles. The molecule has 0 spiro atoms. The molecule has 0 aliphatic heterocycles. The quantitative estimate of drug-likeness (QED) is 0.204. The lowest BCUT2D eigenvalue weighted by Crippen LogP contribution is -2.06. The molecule has 1 aromatic heterocycles. The molecule has 28 heavy (non-hydrogen) atoms. The third kappa shape index (κ3) is 3.68. The first kappa shape index (κ1) is 18.0. The topological polar surface area (TPSA) is 56.5 Å². The van der Waals surface area contributed by atoms with Crippen LogP contribution in [0.4, 0.5) is 0 Å². The summed E-state index contributed by atoms with van der Waals surface area (Å²) in [5, 5.41) is 3.25. The van der Waals surface area contributed by atoms with E-state index in [1.165, 1.54) is 12.1 Å². The van der Waals surface area contributed by atoms with Crippen LogP contribution in [0.25, 0.3) is 27.8 Å². The van der Waals surface area contributed by atoms with Crippen molar-refractivity contribution in [1.82, 2.24) is 0 Å². The second kappa shape index (κ2) is 7.71.